The molecule has 3 aromatic rings. The van der Waals surface area contributed by atoms with Crippen LogP contribution in [0.5, 0.6) is 17.4 Å². The highest BCUT2D eigenvalue weighted by Gasteiger charge is 2.48. The summed E-state index contributed by atoms with van der Waals surface area (Å²) >= 11 is 12.8. The molecule has 2 aromatic carbocycles. The van der Waals surface area contributed by atoms with Crippen LogP contribution in [0.4, 0.5) is 5.69 Å². The molecule has 0 aliphatic carbocycles. The Bertz CT molecular complexity index is 1600. The molecule has 10 nitrogen and oxygen atoms in total. The summed E-state index contributed by atoms with van der Waals surface area (Å²) in [6, 6.07) is 11.3. The number of methoxy groups -OCH3 is 2. The lowest BCUT2D eigenvalue weighted by atomic mass is 9.85. The second-order valence-electron chi connectivity index (χ2n) is 11.0. The van der Waals surface area contributed by atoms with Crippen LogP contribution >= 0.6 is 23.2 Å². The van der Waals surface area contributed by atoms with Crippen molar-refractivity contribution < 1.29 is 28.9 Å². The first-order chi connectivity index (χ1) is 19.8. The predicted octanol–water partition coefficient (Wildman–Crippen LogP) is 5.95. The first-order valence-electron chi connectivity index (χ1n) is 13.1. The molecule has 2 atom stereocenters. The second kappa shape index (κ2) is 11.0. The average Bonchev–Trinajstić information content (AvgIpc) is 3.34. The maximum atomic E-state index is 13.8. The highest BCUT2D eigenvalue weighted by Crippen LogP contribution is 2.50. The van der Waals surface area contributed by atoms with Crippen LogP contribution in [0.1, 0.15) is 42.9 Å². The van der Waals surface area contributed by atoms with Crippen molar-refractivity contribution in [2.75, 3.05) is 32.9 Å². The normalized spacial score (nSPS) is 17.5. The number of aromatic carboxylic acids is 1. The number of ether oxygens (including phenoxy) is 3. The number of carboxylic acids is 1. The number of carbonyl (C=O) groups is 2. The number of hydrazone groups is 1. The highest BCUT2D eigenvalue weighted by atomic mass is 35.5. The summed E-state index contributed by atoms with van der Waals surface area (Å²) in [6.07, 6.45) is 0. The first-order valence-corrected chi connectivity index (χ1v) is 13.8. The number of anilines is 1. The Balaban J connectivity index is 1.70. The van der Waals surface area contributed by atoms with E-state index in [1.54, 1.807) is 47.3 Å². The second-order valence-corrected chi connectivity index (χ2v) is 11.9. The van der Waals surface area contributed by atoms with Gasteiger partial charge in [-0.1, -0.05) is 23.2 Å². The summed E-state index contributed by atoms with van der Waals surface area (Å²) in [6.45, 7) is 6.05. The number of pyridine rings is 1. The number of aromatic nitrogens is 1. The van der Waals surface area contributed by atoms with Crippen molar-refractivity contribution in [3.63, 3.8) is 0 Å². The molecule has 1 aromatic heterocycles. The van der Waals surface area contributed by atoms with Crippen molar-refractivity contribution in [1.29, 1.82) is 0 Å². The number of carboxylic acid groups (broad SMARTS) is 1. The Hall–Kier alpha value is -4.02. The zero-order chi connectivity index (χ0) is 30.5. The molecule has 2 unspecified atom stereocenters. The lowest BCUT2D eigenvalue weighted by molar-refractivity contribution is -0.127. The van der Waals surface area contributed by atoms with Crippen LogP contribution in [0, 0.1) is 5.92 Å². The number of fused-ring (bicyclic) bond motifs is 3. The van der Waals surface area contributed by atoms with E-state index in [1.165, 1.54) is 20.3 Å². The van der Waals surface area contributed by atoms with E-state index < -0.39 is 23.5 Å². The zero-order valence-electron chi connectivity index (χ0n) is 23.9. The Labute approximate surface area is 253 Å². The third kappa shape index (κ3) is 5.32. The molecule has 3 heterocycles. The minimum Gasteiger partial charge on any atom is -0.496 e. The molecule has 2 aliphatic heterocycles. The zero-order valence-corrected chi connectivity index (χ0v) is 25.4. The molecule has 42 heavy (non-hydrogen) atoms. The Morgan fingerprint density at radius 3 is 2.33 bits per heavy atom. The predicted molar refractivity (Wildman–Crippen MR) is 160 cm³/mol. The number of amides is 1. The summed E-state index contributed by atoms with van der Waals surface area (Å²) in [5, 5.41) is 17.1. The molecule has 12 heteroatoms. The maximum absolute atomic E-state index is 13.8. The Kier molecular flexibility index (Phi) is 7.72. The van der Waals surface area contributed by atoms with Crippen molar-refractivity contribution >= 4 is 46.5 Å². The molecule has 1 amide bonds. The summed E-state index contributed by atoms with van der Waals surface area (Å²) in [4.78, 5) is 31.3. The van der Waals surface area contributed by atoms with E-state index in [0.717, 1.165) is 5.56 Å². The Morgan fingerprint density at radius 1 is 1.05 bits per heavy atom. The fourth-order valence-electron chi connectivity index (χ4n) is 5.04. The minimum atomic E-state index is -1.20. The van der Waals surface area contributed by atoms with E-state index in [0.29, 0.717) is 44.1 Å². The van der Waals surface area contributed by atoms with Gasteiger partial charge in [0.15, 0.2) is 5.69 Å². The number of hydrogen-bond acceptors (Lipinski definition) is 8. The molecule has 220 valence electrons. The average molecular weight is 613 g/mol. The molecule has 5 rings (SSSR count). The van der Waals surface area contributed by atoms with Gasteiger partial charge in [-0.2, -0.15) is 5.10 Å². The molecule has 0 bridgehead atoms. The number of halogens is 2. The smallest absolute Gasteiger partial charge is 0.354 e. The number of hydrogen-bond donors (Lipinski definition) is 1. The van der Waals surface area contributed by atoms with E-state index >= 15 is 0 Å². The molecule has 0 saturated carbocycles. The molecule has 1 N–H and O–H groups in total. The van der Waals surface area contributed by atoms with Crippen molar-refractivity contribution in [3.8, 4) is 28.5 Å². The largest absolute Gasteiger partial charge is 0.496 e. The fourth-order valence-corrected chi connectivity index (χ4v) is 5.56. The topological polar surface area (TPSA) is 114 Å². The maximum Gasteiger partial charge on any atom is 0.354 e. The van der Waals surface area contributed by atoms with Crippen LogP contribution < -0.4 is 19.2 Å². The van der Waals surface area contributed by atoms with Crippen LogP contribution in [0.3, 0.4) is 0 Å². The number of rotatable bonds is 6. The van der Waals surface area contributed by atoms with Gasteiger partial charge in [-0.3, -0.25) is 9.80 Å². The van der Waals surface area contributed by atoms with Gasteiger partial charge in [-0.25, -0.2) is 9.78 Å². The monoisotopic (exact) mass is 612 g/mol. The van der Waals surface area contributed by atoms with Gasteiger partial charge in [-0.05, 0) is 56.7 Å². The molecule has 0 fully saturated rings. The van der Waals surface area contributed by atoms with Crippen LogP contribution in [0.25, 0.3) is 11.1 Å². The van der Waals surface area contributed by atoms with Crippen molar-refractivity contribution in [1.82, 2.24) is 9.88 Å². The van der Waals surface area contributed by atoms with Crippen LogP contribution in [0.2, 0.25) is 10.0 Å². The summed E-state index contributed by atoms with van der Waals surface area (Å²) in [5.41, 5.74) is 2.13. The summed E-state index contributed by atoms with van der Waals surface area (Å²) in [7, 11) is 4.68. The third-order valence-corrected chi connectivity index (χ3v) is 7.90. The Morgan fingerprint density at radius 2 is 1.74 bits per heavy atom. The van der Waals surface area contributed by atoms with E-state index in [9.17, 15) is 14.7 Å². The third-order valence-electron chi connectivity index (χ3n) is 7.46. The summed E-state index contributed by atoms with van der Waals surface area (Å²) in [5.74, 6) is -0.723. The fraction of sp³-hybridized carbons (Fsp3) is 0.333. The molecular formula is C30H30Cl2N4O6. The SMILES string of the molecule is COc1cc(-c2cc3c(cc2OC)OCC2C(C(=O)N(C)C(C)(C)C)=NN(c4cc(Cl)cc(Cl)c4)C32)cc(C(=O)O)n1. The molecule has 0 spiro atoms. The van der Waals surface area contributed by atoms with Gasteiger partial charge < -0.3 is 24.2 Å². The summed E-state index contributed by atoms with van der Waals surface area (Å²) < 4.78 is 17.2. The van der Waals surface area contributed by atoms with Crippen LogP contribution in [-0.2, 0) is 4.79 Å². The lowest BCUT2D eigenvalue weighted by Crippen LogP contribution is -2.48. The van der Waals surface area contributed by atoms with Crippen LogP contribution in [0.15, 0.2) is 47.6 Å². The van der Waals surface area contributed by atoms with E-state index in [2.05, 4.69) is 4.98 Å². The quantitative estimate of drug-likeness (QED) is 0.363. The molecular weight excluding hydrogens is 583 g/mol. The standard InChI is InChI=1S/C30H30Cl2N4O6/c1-30(2,3)35(4)28(37)26-21-14-42-24-13-23(40-5)19(15-7-22(29(38)39)33-25(8-15)41-6)12-20(24)27(21)36(34-26)18-10-16(31)9-17(32)11-18/h7-13,21,27H,14H2,1-6H3,(H,38,39). The minimum absolute atomic E-state index is 0.135. The van der Waals surface area contributed by atoms with Gasteiger partial charge in [0.25, 0.3) is 5.91 Å². The number of carbonyl (C=O) groups excluding carboxylic acids is 1. The molecule has 0 saturated heterocycles. The van der Waals surface area contributed by atoms with Gasteiger partial charge in [0.05, 0.1) is 38.5 Å². The van der Waals surface area contributed by atoms with E-state index in [4.69, 9.17) is 42.5 Å². The van der Waals surface area contributed by atoms with Crippen LogP contribution in [-0.4, -0.2) is 66.0 Å². The van der Waals surface area contributed by atoms with Gasteiger partial charge in [0.1, 0.15) is 17.2 Å². The molecule has 2 aliphatic rings. The van der Waals surface area contributed by atoms with Gasteiger partial charge in [0, 0.05) is 45.9 Å². The lowest BCUT2D eigenvalue weighted by Gasteiger charge is -2.36. The highest BCUT2D eigenvalue weighted by molar-refractivity contribution is 6.41. The van der Waals surface area contributed by atoms with Gasteiger partial charge in [-0.15, -0.1) is 0 Å². The van der Waals surface area contributed by atoms with Gasteiger partial charge >= 0.3 is 5.97 Å². The first kappa shape index (κ1) is 29.5. The van der Waals surface area contributed by atoms with Crippen molar-refractivity contribution in [2.24, 2.45) is 11.0 Å². The molecule has 0 radical (unpaired) electrons. The van der Waals surface area contributed by atoms with Crippen molar-refractivity contribution in [2.45, 2.75) is 32.4 Å². The number of nitrogens with zero attached hydrogens (tertiary/aromatic N) is 4. The van der Waals surface area contributed by atoms with Gasteiger partial charge in [0.2, 0.25) is 5.88 Å². The van der Waals surface area contributed by atoms with E-state index in [-0.39, 0.29) is 24.1 Å². The van der Waals surface area contributed by atoms with E-state index in [1.807, 2.05) is 26.8 Å². The van der Waals surface area contributed by atoms with Crippen molar-refractivity contribution in [3.05, 3.63) is 63.8 Å². The number of benzene rings is 2.